The lowest BCUT2D eigenvalue weighted by Crippen LogP contribution is -2.69. The summed E-state index contributed by atoms with van der Waals surface area (Å²) < 4.78 is 0. The van der Waals surface area contributed by atoms with E-state index in [1.165, 1.54) is 0 Å². The van der Waals surface area contributed by atoms with E-state index in [1.54, 1.807) is 0 Å². The van der Waals surface area contributed by atoms with Crippen molar-refractivity contribution in [2.45, 2.75) is 479 Å². The van der Waals surface area contributed by atoms with E-state index in [1.807, 2.05) is 0 Å². The smallest absolute Gasteiger partial charge is 0.251 e. The van der Waals surface area contributed by atoms with E-state index in [4.69, 9.17) is 44.9 Å². The molecule has 3 aromatic heterocycles. The molecule has 1 atom stereocenters. The minimum atomic E-state index is -0.485. The number of hydrogen-bond donors (Lipinski definition) is 5. The van der Waals surface area contributed by atoms with Gasteiger partial charge >= 0.3 is 0 Å². The molecule has 0 aromatic carbocycles. The van der Waals surface area contributed by atoms with Crippen LogP contribution in [0.4, 0.5) is 47.6 Å². The zero-order valence-corrected chi connectivity index (χ0v) is 79.7. The van der Waals surface area contributed by atoms with Crippen LogP contribution >= 0.6 is 0 Å². The van der Waals surface area contributed by atoms with Crippen molar-refractivity contribution >= 4 is 47.6 Å². The molecule has 1 unspecified atom stereocenters. The third-order valence-corrected chi connectivity index (χ3v) is 24.8. The van der Waals surface area contributed by atoms with Crippen LogP contribution in [0.5, 0.6) is 0 Å². The highest BCUT2D eigenvalue weighted by Crippen LogP contribution is 2.46. The molecule has 23 nitrogen and oxygen atoms in total. The number of rotatable bonds is 44. The lowest BCUT2D eigenvalue weighted by molar-refractivity contribution is 0.00950. The maximum absolute atomic E-state index is 6.48. The van der Waals surface area contributed by atoms with Crippen LogP contribution in [0.25, 0.3) is 0 Å². The summed E-state index contributed by atoms with van der Waals surface area (Å²) in [7, 11) is 0. The van der Waals surface area contributed by atoms with Crippen molar-refractivity contribution in [1.29, 1.82) is 0 Å². The Kier molecular flexibility index (Phi) is 33.5. The lowest BCUT2D eigenvalue weighted by Gasteiger charge is -2.57. The molecule has 5 aliphatic heterocycles. The van der Waals surface area contributed by atoms with E-state index in [2.05, 4.69) is 279 Å². The van der Waals surface area contributed by atoms with Crippen LogP contribution in [0.15, 0.2) is 0 Å². The van der Waals surface area contributed by atoms with Crippen molar-refractivity contribution in [3.05, 3.63) is 5.82 Å². The van der Waals surface area contributed by atoms with Crippen molar-refractivity contribution < 1.29 is 0 Å². The molecule has 8 rings (SSSR count). The first kappa shape index (κ1) is 95.7. The van der Waals surface area contributed by atoms with Gasteiger partial charge in [0.05, 0.1) is 24.2 Å². The zero-order valence-electron chi connectivity index (χ0n) is 79.7. The van der Waals surface area contributed by atoms with Crippen LogP contribution in [-0.2, 0) is 0 Å². The minimum absolute atomic E-state index is 0.0592. The van der Waals surface area contributed by atoms with E-state index >= 15 is 0 Å². The van der Waals surface area contributed by atoms with Gasteiger partial charge < -0.3 is 51.1 Å². The fourth-order valence-electron chi connectivity index (χ4n) is 21.4. The molecule has 0 saturated carbocycles. The van der Waals surface area contributed by atoms with Gasteiger partial charge in [0.25, 0.3) is 5.95 Å². The third-order valence-electron chi connectivity index (χ3n) is 24.8. The van der Waals surface area contributed by atoms with Crippen molar-refractivity contribution in [3.63, 3.8) is 0 Å². The second-order valence-corrected chi connectivity index (χ2v) is 43.0. The summed E-state index contributed by atoms with van der Waals surface area (Å²) in [5.41, 5.74) is -2.65. The number of piperidine rings is 5. The molecule has 0 radical (unpaired) electrons. The number of hydrogen-bond acceptors (Lipinski definition) is 23. The van der Waals surface area contributed by atoms with Gasteiger partial charge in [-0.25, -0.2) is 15.0 Å². The van der Waals surface area contributed by atoms with Crippen LogP contribution in [-0.4, -0.2) is 194 Å². The van der Waals surface area contributed by atoms with Crippen LogP contribution < -0.4 is 66.1 Å². The molecule has 0 bridgehead atoms. The fourth-order valence-corrected chi connectivity index (χ4v) is 21.4. The molecule has 3 aromatic rings. The van der Waals surface area contributed by atoms with Gasteiger partial charge in [-0.3, -0.25) is 5.01 Å². The van der Waals surface area contributed by atoms with Crippen LogP contribution in [0.1, 0.15) is 399 Å². The summed E-state index contributed by atoms with van der Waals surface area (Å²) in [5, 5.41) is 31.5. The Balaban J connectivity index is 1.62. The predicted octanol–water partition coefficient (Wildman–Crippen LogP) is 19.0. The minimum Gasteiger partial charge on any atom is -0.341 e. The molecule has 0 aliphatic carbocycles. The molecule has 658 valence electrons. The van der Waals surface area contributed by atoms with Gasteiger partial charge in [-0.1, -0.05) is 120 Å². The van der Waals surface area contributed by atoms with E-state index in [-0.39, 0.29) is 85.6 Å². The number of aromatic nitrogens is 9. The van der Waals surface area contributed by atoms with Gasteiger partial charge in [-0.05, 0) is 267 Å². The lowest BCUT2D eigenvalue weighted by atomic mass is 9.78. The number of unbranched alkanes of at least 4 members (excludes halogenated alkanes) is 9. The van der Waals surface area contributed by atoms with Gasteiger partial charge in [0, 0.05) is 126 Å². The van der Waals surface area contributed by atoms with E-state index in [0.29, 0.717) is 17.8 Å². The third kappa shape index (κ3) is 27.1. The molecule has 0 amide bonds. The largest absolute Gasteiger partial charge is 0.341 e. The van der Waals surface area contributed by atoms with Crippen molar-refractivity contribution in [2.24, 2.45) is 0 Å². The molecular weight excluding hydrogens is 1430 g/mol. The Labute approximate surface area is 703 Å². The summed E-state index contributed by atoms with van der Waals surface area (Å²) in [6.45, 7) is 79.2. The highest BCUT2D eigenvalue weighted by atomic mass is 15.7. The van der Waals surface area contributed by atoms with Gasteiger partial charge in [0.1, 0.15) is 0 Å². The van der Waals surface area contributed by atoms with Crippen LogP contribution in [0.2, 0.25) is 0 Å². The summed E-state index contributed by atoms with van der Waals surface area (Å²) >= 11 is 0. The second-order valence-electron chi connectivity index (χ2n) is 43.0. The Morgan fingerprint density at radius 1 is 0.243 bits per heavy atom. The van der Waals surface area contributed by atoms with Gasteiger partial charge in [0.2, 0.25) is 41.6 Å². The molecular formula is C92H175N23. The van der Waals surface area contributed by atoms with Gasteiger partial charge in [-0.15, -0.1) is 0 Å². The number of nitrogens with zero attached hydrogens (tertiary/aromatic N) is 18. The highest BCUT2D eigenvalue weighted by molar-refractivity contribution is 5.56. The van der Waals surface area contributed by atoms with Crippen molar-refractivity contribution in [3.8, 4) is 0 Å². The molecule has 0 spiro atoms. The Morgan fingerprint density at radius 3 is 0.696 bits per heavy atom. The van der Waals surface area contributed by atoms with Gasteiger partial charge in [-0.2, -0.15) is 44.9 Å². The number of anilines is 8. The average Bonchev–Trinajstić information content (AvgIpc) is 0.741. The Hall–Kier alpha value is -4.81. The topological polar surface area (TPSA) is 205 Å². The number of nitrogens with one attached hydrogen (secondary N) is 5. The maximum Gasteiger partial charge on any atom is 0.251 e. The quantitative estimate of drug-likeness (QED) is 0.0334. The van der Waals surface area contributed by atoms with E-state index in [9.17, 15) is 0 Å². The zero-order chi connectivity index (χ0) is 84.9. The summed E-state index contributed by atoms with van der Waals surface area (Å²) in [5.74, 6) is 6.51. The van der Waals surface area contributed by atoms with Crippen molar-refractivity contribution in [1.82, 2.24) is 76.4 Å². The average molecular weight is 1600 g/mol. The molecule has 8 heterocycles. The van der Waals surface area contributed by atoms with E-state index in [0.717, 1.165) is 274 Å². The SMILES string of the molecule is CCCCN(CCCC)c1nc(N(CCCC)CCCC)nc(N(C2CC(C)(C)NC(C)(C)C2)N(c2nc(C(C)N(C3CC(C)(C)NC(C)(C)C3)N(c3nc(N(CCCC)CCCC)nc(N(CCCC)CCCC)n3)C3CC(C)(C)NC(C)(C)C3)nc(N(CCCC)C3CC(C)(C)NC(C)(C)C3)n2)C2CC(C)(C)NC(C)(C)C2)n1. The normalized spacial score (nSPS) is 21.4. The van der Waals surface area contributed by atoms with Crippen LogP contribution in [0.3, 0.4) is 0 Å². The first-order valence-electron chi connectivity index (χ1n) is 47.0. The molecule has 5 saturated heterocycles. The molecule has 5 aliphatic rings. The maximum atomic E-state index is 6.48. The standard InChI is InChI=1S/C92H175N23/c1-31-40-49-107(50-41-32-2)75-95-76(108(51-42-33-3)52-43-34-4)98-81(97-75)113(71-62-87(19,20)104-88(21,22)63-71)112(70-60-85(15,16)103-86(17,18)61-70)68(10)74-93-79(111(57-48-39-9)69-58-83(11,12)102-84(13,14)59-69)101-80(94-74)114(72-64-89(23,24)105-90(25,26)65-72)115(73-66-91(27,28)106-92(29,30)67-73)82-99-77(109(53-44-35-5)54-45-36-6)96-78(100-82)110(55-46-37-7)56-47-38-8/h68-73,102-106H,31-67H2,1-30H3. The number of hydrazine groups is 2. The summed E-state index contributed by atoms with van der Waals surface area (Å²) in [6, 6.07) is -0.816. The molecule has 5 fully saturated rings. The fraction of sp³-hybridized carbons (Fsp3) is 0.902. The molecule has 5 N–H and O–H groups in total. The first-order valence-corrected chi connectivity index (χ1v) is 47.0. The Morgan fingerprint density at radius 2 is 0.435 bits per heavy atom. The van der Waals surface area contributed by atoms with Gasteiger partial charge in [0.15, 0.2) is 5.82 Å². The Bertz CT molecular complexity index is 3250. The summed E-state index contributed by atoms with van der Waals surface area (Å²) in [6.07, 6.45) is 27.3. The highest BCUT2D eigenvalue weighted by Gasteiger charge is 2.53. The second kappa shape index (κ2) is 40.3. The molecule has 115 heavy (non-hydrogen) atoms. The first-order chi connectivity index (χ1) is 53.8. The van der Waals surface area contributed by atoms with Crippen LogP contribution in [0, 0.1) is 0 Å². The predicted molar refractivity (Wildman–Crippen MR) is 489 cm³/mol. The molecule has 23 heteroatoms. The van der Waals surface area contributed by atoms with E-state index < -0.39 is 6.04 Å². The summed E-state index contributed by atoms with van der Waals surface area (Å²) in [4.78, 5) is 67.5. The monoisotopic (exact) mass is 1600 g/mol. The van der Waals surface area contributed by atoms with Crippen molar-refractivity contribution in [2.75, 3.05) is 98.4 Å².